The van der Waals surface area contributed by atoms with Gasteiger partial charge in [0.05, 0.1) is 18.8 Å². The number of hydrogen-bond donors (Lipinski definition) is 2. The Morgan fingerprint density at radius 1 is 1.08 bits per heavy atom. The Morgan fingerprint density at radius 2 is 1.73 bits per heavy atom. The molecule has 0 amide bonds. The molecule has 8 heteroatoms. The monoisotopic (exact) mass is 379 g/mol. The minimum absolute atomic E-state index is 0.0193. The third-order valence-corrected chi connectivity index (χ3v) is 4.89. The van der Waals surface area contributed by atoms with Gasteiger partial charge in [0, 0.05) is 11.8 Å². The Morgan fingerprint density at radius 3 is 2.35 bits per heavy atom. The second kappa shape index (κ2) is 8.09. The molecule has 2 aromatic carbocycles. The fourth-order valence-corrected chi connectivity index (χ4v) is 3.55. The molecule has 0 radical (unpaired) electrons. The van der Waals surface area contributed by atoms with Gasteiger partial charge in [0.25, 0.3) is 10.0 Å². The molecule has 2 N–H and O–H groups in total. The molecule has 0 atom stereocenters. The summed E-state index contributed by atoms with van der Waals surface area (Å²) in [5.74, 6) is -0.499. The summed E-state index contributed by atoms with van der Waals surface area (Å²) in [6, 6.07) is 8.58. The van der Waals surface area contributed by atoms with Gasteiger partial charge in [0.1, 0.15) is 16.4 Å². The number of rotatable bonds is 8. The lowest BCUT2D eigenvalue weighted by atomic mass is 10.2. The second-order valence-corrected chi connectivity index (χ2v) is 7.07. The maximum absolute atomic E-state index is 12.9. The lowest BCUT2D eigenvalue weighted by Gasteiger charge is -2.16. The highest BCUT2D eigenvalue weighted by Crippen LogP contribution is 2.33. The number of hydrogen-bond acceptors (Lipinski definition) is 5. The van der Waals surface area contributed by atoms with Crippen LogP contribution in [-0.2, 0) is 10.0 Å². The summed E-state index contributed by atoms with van der Waals surface area (Å²) in [6.07, 6.45) is 0. The van der Waals surface area contributed by atoms with Crippen molar-refractivity contribution in [1.29, 1.82) is 0 Å². The van der Waals surface area contributed by atoms with Crippen molar-refractivity contribution < 1.29 is 27.8 Å². The predicted molar refractivity (Wildman–Crippen MR) is 97.7 cm³/mol. The van der Waals surface area contributed by atoms with E-state index < -0.39 is 16.0 Å². The van der Waals surface area contributed by atoms with E-state index in [0.717, 1.165) is 5.56 Å². The highest BCUT2D eigenvalue weighted by atomic mass is 32.2. The number of benzene rings is 2. The fourth-order valence-electron chi connectivity index (χ4n) is 2.36. The van der Waals surface area contributed by atoms with Gasteiger partial charge in [-0.25, -0.2) is 13.2 Å². The summed E-state index contributed by atoms with van der Waals surface area (Å²) in [6.45, 7) is 6.05. The maximum atomic E-state index is 12.9. The number of aryl methyl sites for hydroxylation is 1. The summed E-state index contributed by atoms with van der Waals surface area (Å²) in [7, 11) is -4.01. The average molecular weight is 379 g/mol. The number of aromatic carboxylic acids is 1. The largest absolute Gasteiger partial charge is 0.494 e. The van der Waals surface area contributed by atoms with Gasteiger partial charge >= 0.3 is 5.97 Å². The van der Waals surface area contributed by atoms with Gasteiger partial charge in [-0.1, -0.05) is 6.07 Å². The Bertz CT molecular complexity index is 908. The zero-order valence-electron chi connectivity index (χ0n) is 14.8. The molecule has 0 spiro atoms. The van der Waals surface area contributed by atoms with Gasteiger partial charge in [-0.2, -0.15) is 0 Å². The first kappa shape index (κ1) is 19.6. The minimum atomic E-state index is -4.01. The third-order valence-electron chi connectivity index (χ3n) is 3.49. The molecule has 7 nitrogen and oxygen atoms in total. The SMILES string of the molecule is CCOc1cc(S(=O)(=O)Nc2cccc(C(=O)O)c2)c(OCC)cc1C. The first-order chi connectivity index (χ1) is 12.3. The first-order valence-electron chi connectivity index (χ1n) is 8.05. The number of carbonyl (C=O) groups is 1. The average Bonchev–Trinajstić information content (AvgIpc) is 2.57. The van der Waals surface area contributed by atoms with Crippen molar-refractivity contribution in [2.75, 3.05) is 17.9 Å². The van der Waals surface area contributed by atoms with Gasteiger partial charge in [0.15, 0.2) is 0 Å². The van der Waals surface area contributed by atoms with Crippen LogP contribution in [0.15, 0.2) is 41.3 Å². The number of nitrogens with one attached hydrogen (secondary N) is 1. The molecular formula is C18H21NO6S. The summed E-state index contributed by atoms with van der Waals surface area (Å²) < 4.78 is 39.0. The Hall–Kier alpha value is -2.74. The number of carboxylic acid groups (broad SMARTS) is 1. The van der Waals surface area contributed by atoms with Crippen LogP contribution < -0.4 is 14.2 Å². The van der Waals surface area contributed by atoms with Gasteiger partial charge in [-0.15, -0.1) is 0 Å². The Kier molecular flexibility index (Phi) is 6.10. The normalized spacial score (nSPS) is 11.0. The number of sulfonamides is 1. The number of carboxylic acids is 1. The van der Waals surface area contributed by atoms with E-state index in [1.54, 1.807) is 26.8 Å². The van der Waals surface area contributed by atoms with Crippen molar-refractivity contribution in [3.05, 3.63) is 47.5 Å². The quantitative estimate of drug-likeness (QED) is 0.730. The second-order valence-electron chi connectivity index (χ2n) is 5.42. The van der Waals surface area contributed by atoms with Crippen LogP contribution in [0.2, 0.25) is 0 Å². The van der Waals surface area contributed by atoms with Crippen LogP contribution >= 0.6 is 0 Å². The zero-order valence-corrected chi connectivity index (χ0v) is 15.6. The molecule has 0 saturated heterocycles. The number of anilines is 1. The highest BCUT2D eigenvalue weighted by Gasteiger charge is 2.23. The minimum Gasteiger partial charge on any atom is -0.494 e. The number of ether oxygens (including phenoxy) is 2. The van der Waals surface area contributed by atoms with E-state index in [2.05, 4.69) is 4.72 Å². The smallest absolute Gasteiger partial charge is 0.335 e. The molecule has 140 valence electrons. The molecule has 0 fully saturated rings. The van der Waals surface area contributed by atoms with Crippen LogP contribution in [0.4, 0.5) is 5.69 Å². The molecule has 26 heavy (non-hydrogen) atoms. The lowest BCUT2D eigenvalue weighted by Crippen LogP contribution is -2.15. The molecule has 2 aromatic rings. The third kappa shape index (κ3) is 4.45. The van der Waals surface area contributed by atoms with Gasteiger partial charge < -0.3 is 14.6 Å². The highest BCUT2D eigenvalue weighted by molar-refractivity contribution is 7.92. The van der Waals surface area contributed by atoms with E-state index in [4.69, 9.17) is 14.6 Å². The summed E-state index contributed by atoms with van der Waals surface area (Å²) in [4.78, 5) is 11.0. The van der Waals surface area contributed by atoms with Crippen molar-refractivity contribution >= 4 is 21.7 Å². The van der Waals surface area contributed by atoms with E-state index in [-0.39, 0.29) is 21.9 Å². The van der Waals surface area contributed by atoms with Crippen LogP contribution in [0, 0.1) is 6.92 Å². The standard InChI is InChI=1S/C18H21NO6S/c1-4-24-15-11-17(16(25-5-2)9-12(15)3)26(22,23)19-14-8-6-7-13(10-14)18(20)21/h6-11,19H,4-5H2,1-3H3,(H,20,21). The maximum Gasteiger partial charge on any atom is 0.335 e. The van der Waals surface area contributed by atoms with Crippen molar-refractivity contribution in [2.45, 2.75) is 25.7 Å². The summed E-state index contributed by atoms with van der Waals surface area (Å²) in [5.41, 5.74) is 0.877. The molecule has 0 heterocycles. The molecule has 0 aliphatic heterocycles. The van der Waals surface area contributed by atoms with Crippen molar-refractivity contribution in [2.24, 2.45) is 0 Å². The van der Waals surface area contributed by atoms with Crippen LogP contribution in [-0.4, -0.2) is 32.7 Å². The summed E-state index contributed by atoms with van der Waals surface area (Å²) in [5, 5.41) is 9.05. The first-order valence-corrected chi connectivity index (χ1v) is 9.53. The summed E-state index contributed by atoms with van der Waals surface area (Å²) >= 11 is 0. The molecule has 0 bridgehead atoms. The van der Waals surface area contributed by atoms with Crippen LogP contribution in [0.1, 0.15) is 29.8 Å². The lowest BCUT2D eigenvalue weighted by molar-refractivity contribution is 0.0697. The van der Waals surface area contributed by atoms with Crippen LogP contribution in [0.5, 0.6) is 11.5 Å². The molecular weight excluding hydrogens is 358 g/mol. The van der Waals surface area contributed by atoms with Crippen LogP contribution in [0.25, 0.3) is 0 Å². The van der Waals surface area contributed by atoms with E-state index in [9.17, 15) is 13.2 Å². The molecule has 0 saturated carbocycles. The molecule has 2 rings (SSSR count). The Labute approximate surface area is 152 Å². The van der Waals surface area contributed by atoms with Gasteiger partial charge in [-0.3, -0.25) is 4.72 Å². The van der Waals surface area contributed by atoms with E-state index in [1.807, 2.05) is 0 Å². The van der Waals surface area contributed by atoms with Crippen molar-refractivity contribution in [3.8, 4) is 11.5 Å². The zero-order chi connectivity index (χ0) is 19.3. The topological polar surface area (TPSA) is 102 Å². The van der Waals surface area contributed by atoms with Gasteiger partial charge in [-0.05, 0) is 50.6 Å². The van der Waals surface area contributed by atoms with E-state index >= 15 is 0 Å². The molecule has 0 unspecified atom stereocenters. The van der Waals surface area contributed by atoms with E-state index in [1.165, 1.54) is 30.3 Å². The van der Waals surface area contributed by atoms with Crippen molar-refractivity contribution in [3.63, 3.8) is 0 Å². The van der Waals surface area contributed by atoms with Crippen molar-refractivity contribution in [1.82, 2.24) is 0 Å². The molecule has 0 aliphatic rings. The van der Waals surface area contributed by atoms with E-state index in [0.29, 0.717) is 19.0 Å². The molecule has 0 aliphatic carbocycles. The predicted octanol–water partition coefficient (Wildman–Crippen LogP) is 3.29. The Balaban J connectivity index is 2.48. The molecule has 0 aromatic heterocycles. The van der Waals surface area contributed by atoms with Crippen LogP contribution in [0.3, 0.4) is 0 Å². The van der Waals surface area contributed by atoms with Gasteiger partial charge in [0.2, 0.25) is 0 Å². The fraction of sp³-hybridized carbons (Fsp3) is 0.278.